The molecule has 33 heavy (non-hydrogen) atoms. The van der Waals surface area contributed by atoms with Crippen molar-refractivity contribution in [2.75, 3.05) is 24.8 Å². The number of hydrogen-bond donors (Lipinski definition) is 2. The maximum absolute atomic E-state index is 11.9. The second-order valence-corrected chi connectivity index (χ2v) is 8.43. The van der Waals surface area contributed by atoms with Crippen molar-refractivity contribution in [1.29, 1.82) is 0 Å². The van der Waals surface area contributed by atoms with Crippen molar-refractivity contribution in [3.05, 3.63) is 47.8 Å². The number of carbonyl (C=O) groups excluding carboxylic acids is 1. The first-order valence-electron chi connectivity index (χ1n) is 10.5. The quantitative estimate of drug-likeness (QED) is 0.391. The second-order valence-electron chi connectivity index (χ2n) is 8.43. The number of nitrogens with two attached hydrogens (primary N) is 1. The molecule has 3 rings (SSSR count). The van der Waals surface area contributed by atoms with Crippen molar-refractivity contribution >= 4 is 17.6 Å². The summed E-state index contributed by atoms with van der Waals surface area (Å²) in [7, 11) is 3.33. The molecule has 0 atom stereocenters. The minimum atomic E-state index is -0.581. The fourth-order valence-corrected chi connectivity index (χ4v) is 3.15. The summed E-state index contributed by atoms with van der Waals surface area (Å²) in [5.74, 6) is 0.973. The summed E-state index contributed by atoms with van der Waals surface area (Å²) in [4.78, 5) is 17.8. The number of nitrogens with zero attached hydrogens (tertiary/aromatic N) is 4. The molecular formula is C23H30N6O4. The highest BCUT2D eigenvalue weighted by atomic mass is 16.6. The first-order chi connectivity index (χ1) is 15.6. The topological polar surface area (TPSA) is 126 Å². The molecule has 1 amide bonds. The molecular weight excluding hydrogens is 424 g/mol. The van der Waals surface area contributed by atoms with E-state index >= 15 is 0 Å². The summed E-state index contributed by atoms with van der Waals surface area (Å²) >= 11 is 0. The number of aryl methyl sites for hydroxylation is 1. The maximum Gasteiger partial charge on any atom is 0.413 e. The lowest BCUT2D eigenvalue weighted by molar-refractivity contribution is 0.0635. The second kappa shape index (κ2) is 10.3. The zero-order chi connectivity index (χ0) is 24.0. The molecule has 3 N–H and O–H groups in total. The van der Waals surface area contributed by atoms with Crippen molar-refractivity contribution in [1.82, 2.24) is 20.0 Å². The number of carbonyl (C=O) groups is 1. The van der Waals surface area contributed by atoms with Crippen LogP contribution >= 0.6 is 0 Å². The van der Waals surface area contributed by atoms with Crippen molar-refractivity contribution in [3.8, 4) is 17.0 Å². The highest BCUT2D eigenvalue weighted by molar-refractivity contribution is 5.83. The summed E-state index contributed by atoms with van der Waals surface area (Å²) < 4.78 is 16.5. The Balaban J connectivity index is 1.58. The average Bonchev–Trinajstić information content (AvgIpc) is 3.16. The predicted octanol–water partition coefficient (Wildman–Crippen LogP) is 3.57. The van der Waals surface area contributed by atoms with Crippen molar-refractivity contribution < 1.29 is 19.0 Å². The Morgan fingerprint density at radius 2 is 2.03 bits per heavy atom. The minimum Gasteiger partial charge on any atom is -0.494 e. The summed E-state index contributed by atoms with van der Waals surface area (Å²) in [6, 6.07) is 9.17. The molecule has 0 spiro atoms. The lowest BCUT2D eigenvalue weighted by Gasteiger charge is -2.19. The molecule has 10 heteroatoms. The number of rotatable bonds is 8. The molecule has 0 fully saturated rings. The highest BCUT2D eigenvalue weighted by Crippen LogP contribution is 2.35. The lowest BCUT2D eigenvalue weighted by atomic mass is 10.0. The first-order valence-corrected chi connectivity index (χ1v) is 10.5. The van der Waals surface area contributed by atoms with E-state index < -0.39 is 11.7 Å². The van der Waals surface area contributed by atoms with Gasteiger partial charge in [-0.2, -0.15) is 15.0 Å². The van der Waals surface area contributed by atoms with Crippen molar-refractivity contribution in [2.24, 2.45) is 7.05 Å². The van der Waals surface area contributed by atoms with Crippen molar-refractivity contribution in [2.45, 2.75) is 39.4 Å². The number of hydrogen-bond acceptors (Lipinski definition) is 8. The van der Waals surface area contributed by atoms with Gasteiger partial charge < -0.3 is 19.9 Å². The molecule has 0 bridgehead atoms. The van der Waals surface area contributed by atoms with Gasteiger partial charge in [-0.15, -0.1) is 0 Å². The Morgan fingerprint density at radius 3 is 2.70 bits per heavy atom. The molecule has 0 saturated carbocycles. The van der Waals surface area contributed by atoms with E-state index in [-0.39, 0.29) is 0 Å². The van der Waals surface area contributed by atoms with Crippen LogP contribution in [-0.2, 0) is 29.5 Å². The third-order valence-corrected chi connectivity index (χ3v) is 4.48. The molecule has 2 heterocycles. The number of pyridine rings is 1. The van der Waals surface area contributed by atoms with E-state index in [9.17, 15) is 4.79 Å². The van der Waals surface area contributed by atoms with E-state index in [1.54, 1.807) is 53.3 Å². The zero-order valence-electron chi connectivity index (χ0n) is 19.6. The number of benzene rings is 1. The van der Waals surface area contributed by atoms with Gasteiger partial charge in [-0.25, -0.2) is 9.78 Å². The summed E-state index contributed by atoms with van der Waals surface area (Å²) in [6.45, 7) is 6.16. The molecule has 0 saturated heterocycles. The van der Waals surface area contributed by atoms with E-state index in [4.69, 9.17) is 19.9 Å². The monoisotopic (exact) mass is 454 g/mol. The van der Waals surface area contributed by atoms with Crippen molar-refractivity contribution in [3.63, 3.8) is 0 Å². The van der Waals surface area contributed by atoms with Crippen LogP contribution in [0.15, 0.2) is 36.5 Å². The van der Waals surface area contributed by atoms with Gasteiger partial charge in [-0.05, 0) is 57.0 Å². The molecule has 0 aliphatic heterocycles. The largest absolute Gasteiger partial charge is 0.494 e. The highest BCUT2D eigenvalue weighted by Gasteiger charge is 2.17. The number of aromatic nitrogens is 4. The van der Waals surface area contributed by atoms with E-state index in [2.05, 4.69) is 20.5 Å². The number of nitrogen functional groups attached to an aromatic ring is 1. The van der Waals surface area contributed by atoms with Crippen LogP contribution in [0.3, 0.4) is 0 Å². The number of anilines is 2. The van der Waals surface area contributed by atoms with Crippen LogP contribution in [-0.4, -0.2) is 45.4 Å². The summed E-state index contributed by atoms with van der Waals surface area (Å²) in [5.41, 5.74) is 9.28. The SMILES string of the molecule is COc1c(N)cc(CCOCc2cccc(NC(=O)OC(C)(C)C)n2)cc1-c1cnn(C)n1. The van der Waals surface area contributed by atoms with E-state index in [1.165, 1.54) is 4.80 Å². The van der Waals surface area contributed by atoms with E-state index in [0.717, 1.165) is 11.1 Å². The van der Waals surface area contributed by atoms with Gasteiger partial charge in [0.1, 0.15) is 17.1 Å². The first kappa shape index (κ1) is 24.0. The Kier molecular flexibility index (Phi) is 7.49. The molecule has 0 radical (unpaired) electrons. The Labute approximate surface area is 193 Å². The smallest absolute Gasteiger partial charge is 0.413 e. The fraction of sp³-hybridized carbons (Fsp3) is 0.391. The Hall–Kier alpha value is -3.66. The summed E-state index contributed by atoms with van der Waals surface area (Å²) in [6.07, 6.45) is 1.75. The van der Waals surface area contributed by atoms with E-state index in [0.29, 0.717) is 48.3 Å². The molecule has 2 aromatic heterocycles. The van der Waals surface area contributed by atoms with Crippen LogP contribution in [0.25, 0.3) is 11.3 Å². The fourth-order valence-electron chi connectivity index (χ4n) is 3.15. The van der Waals surface area contributed by atoms with Crippen LogP contribution in [0.4, 0.5) is 16.3 Å². The van der Waals surface area contributed by atoms with Gasteiger partial charge in [0.05, 0.1) is 37.9 Å². The number of methoxy groups -OCH3 is 1. The molecule has 0 unspecified atom stereocenters. The standard InChI is InChI=1S/C23H30N6O4/c1-23(2,3)33-22(30)27-20-8-6-7-16(26-20)14-32-10-9-15-11-17(19-13-25-29(4)28-19)21(31-5)18(24)12-15/h6-8,11-13H,9-10,14,24H2,1-5H3,(H,26,27,30). The van der Waals surface area contributed by atoms with Crippen LogP contribution in [0.5, 0.6) is 5.75 Å². The Morgan fingerprint density at radius 1 is 1.24 bits per heavy atom. The number of amides is 1. The molecule has 0 aliphatic carbocycles. The van der Waals surface area contributed by atoms with Crippen LogP contribution in [0.1, 0.15) is 32.0 Å². The van der Waals surface area contributed by atoms with E-state index in [1.807, 2.05) is 18.2 Å². The third kappa shape index (κ3) is 6.91. The van der Waals surface area contributed by atoms with Crippen LogP contribution in [0.2, 0.25) is 0 Å². The molecule has 0 aliphatic rings. The normalized spacial score (nSPS) is 11.3. The zero-order valence-corrected chi connectivity index (χ0v) is 19.6. The third-order valence-electron chi connectivity index (χ3n) is 4.48. The number of ether oxygens (including phenoxy) is 3. The van der Waals surface area contributed by atoms with Gasteiger partial charge in [0, 0.05) is 12.6 Å². The van der Waals surface area contributed by atoms with Gasteiger partial charge in [-0.1, -0.05) is 6.07 Å². The van der Waals surface area contributed by atoms with Gasteiger partial charge in [0.2, 0.25) is 0 Å². The van der Waals surface area contributed by atoms with Gasteiger partial charge >= 0.3 is 6.09 Å². The van der Waals surface area contributed by atoms with Crippen LogP contribution in [0, 0.1) is 0 Å². The van der Waals surface area contributed by atoms with Gasteiger partial charge in [-0.3, -0.25) is 5.32 Å². The average molecular weight is 455 g/mol. The number of nitrogens with one attached hydrogen (secondary N) is 1. The molecule has 3 aromatic rings. The summed E-state index contributed by atoms with van der Waals surface area (Å²) in [5, 5.41) is 11.1. The molecule has 176 valence electrons. The van der Waals surface area contributed by atoms with Gasteiger partial charge in [0.25, 0.3) is 0 Å². The molecule has 10 nitrogen and oxygen atoms in total. The predicted molar refractivity (Wildman–Crippen MR) is 125 cm³/mol. The van der Waals surface area contributed by atoms with Gasteiger partial charge in [0.15, 0.2) is 5.75 Å². The lowest BCUT2D eigenvalue weighted by Crippen LogP contribution is -2.27. The maximum atomic E-state index is 11.9. The minimum absolute atomic E-state index is 0.298. The van der Waals surface area contributed by atoms with Crippen LogP contribution < -0.4 is 15.8 Å². The Bertz CT molecular complexity index is 1110. The molecule has 1 aromatic carbocycles.